The van der Waals surface area contributed by atoms with Crippen LogP contribution in [0.1, 0.15) is 36.5 Å². The van der Waals surface area contributed by atoms with Crippen LogP contribution in [0.25, 0.3) is 0 Å². The molecule has 2 saturated heterocycles. The van der Waals surface area contributed by atoms with E-state index in [9.17, 15) is 18.4 Å². The van der Waals surface area contributed by atoms with Crippen LogP contribution in [-0.4, -0.2) is 90.9 Å². The van der Waals surface area contributed by atoms with E-state index >= 15 is 0 Å². The number of amides is 1. The number of hydrogen-bond acceptors (Lipinski definition) is 9. The number of rotatable bonds is 13. The Morgan fingerprint density at radius 3 is 2.50 bits per heavy atom. The first-order valence-corrected chi connectivity index (χ1v) is 16.1. The van der Waals surface area contributed by atoms with E-state index in [0.29, 0.717) is 65.8 Å². The summed E-state index contributed by atoms with van der Waals surface area (Å²) in [6.07, 6.45) is 4.60. The van der Waals surface area contributed by atoms with Gasteiger partial charge in [0.05, 0.1) is 19.8 Å². The van der Waals surface area contributed by atoms with E-state index in [2.05, 4.69) is 14.6 Å². The lowest BCUT2D eigenvalue weighted by molar-refractivity contribution is -0.377. The third-order valence-corrected chi connectivity index (χ3v) is 9.39. The van der Waals surface area contributed by atoms with E-state index in [4.69, 9.17) is 37.4 Å². The highest BCUT2D eigenvalue weighted by Crippen LogP contribution is 2.38. The number of H-pyrrole nitrogens is 1. The number of nitrogens with zero attached hydrogens (tertiary/aromatic N) is 2. The van der Waals surface area contributed by atoms with Crippen LogP contribution < -0.4 is 14.5 Å². The summed E-state index contributed by atoms with van der Waals surface area (Å²) in [6.45, 7) is 1.16. The molecule has 1 aromatic heterocycles. The second-order valence-electron chi connectivity index (χ2n) is 10.6. The number of thioether (sulfide) groups is 1. The minimum Gasteiger partial charge on any atom is -0.870 e. The molecule has 5 rings (SSSR count). The van der Waals surface area contributed by atoms with Crippen LogP contribution in [0.5, 0.6) is 11.5 Å². The highest BCUT2D eigenvalue weighted by atomic mass is 35.5. The van der Waals surface area contributed by atoms with Gasteiger partial charge >= 0.3 is 12.6 Å². The molecule has 1 saturated carbocycles. The van der Waals surface area contributed by atoms with Crippen molar-refractivity contribution >= 4 is 46.8 Å². The van der Waals surface area contributed by atoms with Gasteiger partial charge in [-0.25, -0.2) is 9.78 Å². The Labute approximate surface area is 268 Å². The summed E-state index contributed by atoms with van der Waals surface area (Å²) in [6, 6.07) is 4.46. The highest BCUT2D eigenvalue weighted by Gasteiger charge is 2.38. The molecule has 1 amide bonds. The van der Waals surface area contributed by atoms with Crippen molar-refractivity contribution in [3.8, 4) is 11.5 Å². The van der Waals surface area contributed by atoms with E-state index in [1.807, 2.05) is 0 Å². The summed E-state index contributed by atoms with van der Waals surface area (Å²) in [5.74, 6) is 0.261. The van der Waals surface area contributed by atoms with Crippen molar-refractivity contribution in [2.24, 2.45) is 5.92 Å². The fourth-order valence-electron chi connectivity index (χ4n) is 4.95. The Hall–Kier alpha value is -2.42. The highest BCUT2D eigenvalue weighted by molar-refractivity contribution is 8.00. The minimum atomic E-state index is -3.04. The van der Waals surface area contributed by atoms with Gasteiger partial charge < -0.3 is 29.3 Å². The molecule has 3 aliphatic rings. The predicted octanol–water partition coefficient (Wildman–Crippen LogP) is 4.47. The van der Waals surface area contributed by atoms with Gasteiger partial charge in [0.2, 0.25) is 5.91 Å². The number of nitrogens with one attached hydrogen (secondary N) is 1. The number of halogens is 4. The van der Waals surface area contributed by atoms with Gasteiger partial charge in [-0.2, -0.15) is 8.78 Å². The number of ether oxygens (including phenoxy) is 4. The van der Waals surface area contributed by atoms with Gasteiger partial charge in [0.15, 0.2) is 29.3 Å². The number of pyridine rings is 1. The Morgan fingerprint density at radius 2 is 1.82 bits per heavy atom. The molecule has 10 nitrogen and oxygen atoms in total. The standard InChI is InChI=1S/C29H33Cl2F2N3O6S.H2O/c30-21-15-34-16-22(31)20(21)14-24(19-3-4-23(42-29(32)33)25(13-19)40-17-18-1-2-18)41-28(38)27-36(9-12-43-27)26(37)5-6-35-7-10-39-11-8-35;/h3-4,13,15-16,18,24,27,29H,1-2,5-12,14,17H2;1H2/t24-,27-;/m0./s1. The summed E-state index contributed by atoms with van der Waals surface area (Å²) < 4.78 is 48.3. The number of aromatic amines is 1. The molecule has 0 unspecified atom stereocenters. The van der Waals surface area contributed by atoms with Gasteiger partial charge in [-0.15, -0.1) is 11.8 Å². The second-order valence-corrected chi connectivity index (χ2v) is 12.6. The van der Waals surface area contributed by atoms with Crippen LogP contribution >= 0.6 is 35.0 Å². The van der Waals surface area contributed by atoms with E-state index < -0.39 is 24.1 Å². The molecule has 3 heterocycles. The maximum Gasteiger partial charge on any atom is 0.387 e. The Kier molecular flexibility index (Phi) is 12.7. The van der Waals surface area contributed by atoms with Crippen LogP contribution in [0.3, 0.4) is 0 Å². The number of benzene rings is 1. The van der Waals surface area contributed by atoms with Crippen molar-refractivity contribution in [3.05, 3.63) is 51.8 Å². The summed E-state index contributed by atoms with van der Waals surface area (Å²) >= 11 is 14.2. The molecule has 2 aliphatic heterocycles. The smallest absolute Gasteiger partial charge is 0.387 e. The summed E-state index contributed by atoms with van der Waals surface area (Å²) in [4.78, 5) is 33.4. The molecule has 44 heavy (non-hydrogen) atoms. The topological polar surface area (TPSA) is 122 Å². The number of carbonyl (C=O) groups excluding carboxylic acids is 2. The number of aromatic nitrogens is 1. The number of hydrogen-bond donors (Lipinski definition) is 0. The zero-order valence-electron chi connectivity index (χ0n) is 23.9. The molecule has 3 fully saturated rings. The minimum absolute atomic E-state index is 0. The van der Waals surface area contributed by atoms with Gasteiger partial charge in [0, 0.05) is 50.3 Å². The number of esters is 1. The lowest BCUT2D eigenvalue weighted by Gasteiger charge is -2.28. The monoisotopic (exact) mass is 677 g/mol. The molecule has 0 radical (unpaired) electrons. The Bertz CT molecular complexity index is 1270. The third kappa shape index (κ3) is 9.30. The molecule has 0 spiro atoms. The second kappa shape index (κ2) is 16.2. The van der Waals surface area contributed by atoms with E-state index in [0.717, 1.165) is 25.9 Å². The van der Waals surface area contributed by atoms with Crippen LogP contribution in [0, 0.1) is 5.92 Å². The molecule has 1 aromatic carbocycles. The van der Waals surface area contributed by atoms with Crippen LogP contribution in [-0.2, 0) is 25.5 Å². The van der Waals surface area contributed by atoms with Crippen molar-refractivity contribution in [2.75, 3.05) is 51.8 Å². The molecule has 2 atom stereocenters. The lowest BCUT2D eigenvalue weighted by Crippen LogP contribution is -2.43. The van der Waals surface area contributed by atoms with Crippen molar-refractivity contribution in [2.45, 2.75) is 43.8 Å². The molecular formula is C29H35Cl2F2N3O7S. The fraction of sp³-hybridized carbons (Fsp3) is 0.552. The third-order valence-electron chi connectivity index (χ3n) is 7.53. The molecular weight excluding hydrogens is 643 g/mol. The number of morpholine rings is 1. The average Bonchev–Trinajstić information content (AvgIpc) is 3.69. The normalized spacial score (nSPS) is 19.4. The molecule has 2 aromatic rings. The molecule has 15 heteroatoms. The largest absolute Gasteiger partial charge is 0.870 e. The molecule has 242 valence electrons. The van der Waals surface area contributed by atoms with Gasteiger partial charge in [0.25, 0.3) is 0 Å². The van der Waals surface area contributed by atoms with Crippen molar-refractivity contribution in [1.82, 2.24) is 9.80 Å². The summed E-state index contributed by atoms with van der Waals surface area (Å²) in [7, 11) is 0. The molecule has 0 bridgehead atoms. The van der Waals surface area contributed by atoms with Gasteiger partial charge in [-0.05, 0) is 36.5 Å². The fourth-order valence-corrected chi connectivity index (χ4v) is 6.60. The predicted molar refractivity (Wildman–Crippen MR) is 159 cm³/mol. The van der Waals surface area contributed by atoms with Crippen molar-refractivity contribution < 1.29 is 47.8 Å². The first-order chi connectivity index (χ1) is 20.8. The maximum absolute atomic E-state index is 13.6. The first-order valence-electron chi connectivity index (χ1n) is 14.3. The van der Waals surface area contributed by atoms with Crippen LogP contribution in [0.2, 0.25) is 10.0 Å². The van der Waals surface area contributed by atoms with Gasteiger partial charge in [-0.3, -0.25) is 9.69 Å². The SMILES string of the molecule is O=C(O[C@@H](Cc1c(Cl)c[nH+]cc1Cl)c1ccc(OC(F)F)c(OCC2CC2)c1)[C@@H]1SCCN1C(=O)CCN1CCOCC1.[OH-]. The van der Waals surface area contributed by atoms with E-state index in [1.165, 1.54) is 17.8 Å². The van der Waals surface area contributed by atoms with E-state index in [-0.39, 0.29) is 35.7 Å². The average molecular weight is 679 g/mol. The van der Waals surface area contributed by atoms with Crippen molar-refractivity contribution in [3.63, 3.8) is 0 Å². The molecule has 1 aliphatic carbocycles. The van der Waals surface area contributed by atoms with Crippen molar-refractivity contribution in [1.29, 1.82) is 0 Å². The zero-order valence-corrected chi connectivity index (χ0v) is 26.2. The Balaban J connectivity index is 0.00000442. The van der Waals surface area contributed by atoms with Gasteiger partial charge in [0.1, 0.15) is 16.1 Å². The zero-order chi connectivity index (χ0) is 30.3. The molecule has 2 N–H and O–H groups in total. The van der Waals surface area contributed by atoms with Crippen LogP contribution in [0.4, 0.5) is 8.78 Å². The number of carbonyl (C=O) groups is 2. The van der Waals surface area contributed by atoms with Crippen LogP contribution in [0.15, 0.2) is 30.6 Å². The van der Waals surface area contributed by atoms with E-state index in [1.54, 1.807) is 29.4 Å². The maximum atomic E-state index is 13.6. The van der Waals surface area contributed by atoms with Gasteiger partial charge in [-0.1, -0.05) is 29.3 Å². The lowest BCUT2D eigenvalue weighted by atomic mass is 10.0. The quantitative estimate of drug-likeness (QED) is 0.283. The summed E-state index contributed by atoms with van der Waals surface area (Å²) in [5, 5.41) is -0.139. The Morgan fingerprint density at radius 1 is 1.09 bits per heavy atom. The number of alkyl halides is 2. The summed E-state index contributed by atoms with van der Waals surface area (Å²) in [5.41, 5.74) is 1.01. The first kappa shape index (κ1) is 34.5.